The molecule has 0 aliphatic carbocycles. The van der Waals surface area contributed by atoms with Gasteiger partial charge in [0.05, 0.1) is 6.42 Å². The second-order valence-electron chi connectivity index (χ2n) is 6.49. The number of benzene rings is 1. The zero-order chi connectivity index (χ0) is 18.8. The molecule has 138 valence electrons. The Balaban J connectivity index is 2.69. The van der Waals surface area contributed by atoms with E-state index in [1.165, 1.54) is 0 Å². The van der Waals surface area contributed by atoms with Gasteiger partial charge in [0.15, 0.2) is 0 Å². The van der Waals surface area contributed by atoms with Gasteiger partial charge in [-0.25, -0.2) is 4.79 Å². The van der Waals surface area contributed by atoms with Crippen LogP contribution in [0, 0.1) is 5.92 Å². The summed E-state index contributed by atoms with van der Waals surface area (Å²) in [7, 11) is 0. The molecule has 6 heteroatoms. The van der Waals surface area contributed by atoms with Gasteiger partial charge in [-0.2, -0.15) is 0 Å². The summed E-state index contributed by atoms with van der Waals surface area (Å²) in [6, 6.07) is 7.55. The summed E-state index contributed by atoms with van der Waals surface area (Å²) in [5, 5.41) is 14.5. The quantitative estimate of drug-likeness (QED) is 0.603. The van der Waals surface area contributed by atoms with Crippen molar-refractivity contribution in [2.45, 2.75) is 58.5 Å². The molecule has 1 unspecified atom stereocenters. The van der Waals surface area contributed by atoms with Crippen LogP contribution in [0.25, 0.3) is 0 Å². The lowest BCUT2D eigenvalue weighted by atomic mass is 10.0. The van der Waals surface area contributed by atoms with Gasteiger partial charge in [-0.05, 0) is 17.9 Å². The highest BCUT2D eigenvalue weighted by molar-refractivity contribution is 5.91. The fourth-order valence-electron chi connectivity index (χ4n) is 2.47. The van der Waals surface area contributed by atoms with Crippen molar-refractivity contribution in [2.24, 2.45) is 5.92 Å². The highest BCUT2D eigenvalue weighted by atomic mass is 16.4. The Morgan fingerprint density at radius 2 is 1.72 bits per heavy atom. The molecule has 1 rings (SSSR count). The van der Waals surface area contributed by atoms with Crippen LogP contribution in [0.5, 0.6) is 0 Å². The maximum atomic E-state index is 12.5. The van der Waals surface area contributed by atoms with E-state index in [1.807, 2.05) is 51.1 Å². The number of aliphatic carboxylic acids is 1. The van der Waals surface area contributed by atoms with E-state index in [0.717, 1.165) is 12.0 Å². The van der Waals surface area contributed by atoms with Crippen molar-refractivity contribution in [3.63, 3.8) is 0 Å². The Labute approximate surface area is 149 Å². The summed E-state index contributed by atoms with van der Waals surface area (Å²) in [6.45, 7) is 5.59. The number of hydrogen-bond donors (Lipinski definition) is 3. The maximum absolute atomic E-state index is 12.5. The Hall–Kier alpha value is -2.37. The van der Waals surface area contributed by atoms with E-state index in [0.29, 0.717) is 12.8 Å². The predicted molar refractivity (Wildman–Crippen MR) is 96.0 cm³/mol. The van der Waals surface area contributed by atoms with Gasteiger partial charge >= 0.3 is 5.97 Å². The minimum Gasteiger partial charge on any atom is -0.480 e. The second-order valence-corrected chi connectivity index (χ2v) is 6.49. The molecular weight excluding hydrogens is 320 g/mol. The number of amides is 2. The molecule has 0 saturated carbocycles. The molecule has 0 fully saturated rings. The number of carbonyl (C=O) groups is 3. The van der Waals surface area contributed by atoms with E-state index < -0.39 is 24.0 Å². The monoisotopic (exact) mass is 348 g/mol. The van der Waals surface area contributed by atoms with E-state index in [4.69, 9.17) is 0 Å². The van der Waals surface area contributed by atoms with Crippen molar-refractivity contribution in [2.75, 3.05) is 0 Å². The van der Waals surface area contributed by atoms with Crippen LogP contribution in [-0.2, 0) is 20.8 Å². The molecule has 0 aliphatic heterocycles. The smallest absolute Gasteiger partial charge is 0.326 e. The van der Waals surface area contributed by atoms with Crippen LogP contribution in [-0.4, -0.2) is 35.0 Å². The molecule has 0 radical (unpaired) electrons. The number of carboxylic acid groups (broad SMARTS) is 1. The normalized spacial score (nSPS) is 13.1. The highest BCUT2D eigenvalue weighted by Gasteiger charge is 2.28. The molecule has 0 spiro atoms. The Kier molecular flexibility index (Phi) is 8.67. The number of rotatable bonds is 10. The van der Waals surface area contributed by atoms with Gasteiger partial charge in [-0.1, -0.05) is 63.9 Å². The zero-order valence-electron chi connectivity index (χ0n) is 15.1. The molecule has 0 heterocycles. The zero-order valence-corrected chi connectivity index (χ0v) is 15.1. The van der Waals surface area contributed by atoms with Crippen molar-refractivity contribution in [3.05, 3.63) is 35.9 Å². The summed E-state index contributed by atoms with van der Waals surface area (Å²) < 4.78 is 0. The van der Waals surface area contributed by atoms with Crippen molar-refractivity contribution >= 4 is 17.8 Å². The fraction of sp³-hybridized carbons (Fsp3) is 0.526. The average molecular weight is 348 g/mol. The lowest BCUT2D eigenvalue weighted by Crippen LogP contribution is -2.53. The van der Waals surface area contributed by atoms with Crippen LogP contribution in [0.3, 0.4) is 0 Å². The molecule has 1 aromatic rings. The van der Waals surface area contributed by atoms with Gasteiger partial charge in [0.25, 0.3) is 0 Å². The first-order valence-electron chi connectivity index (χ1n) is 8.71. The van der Waals surface area contributed by atoms with Gasteiger partial charge in [0.1, 0.15) is 12.1 Å². The first-order chi connectivity index (χ1) is 11.8. The highest BCUT2D eigenvalue weighted by Crippen LogP contribution is 2.07. The van der Waals surface area contributed by atoms with E-state index >= 15 is 0 Å². The number of nitrogens with one attached hydrogen (secondary N) is 2. The van der Waals surface area contributed by atoms with E-state index in [9.17, 15) is 19.5 Å². The summed E-state index contributed by atoms with van der Waals surface area (Å²) in [5.74, 6) is -1.93. The Morgan fingerprint density at radius 3 is 2.24 bits per heavy atom. The standard InChI is InChI=1S/C19H28N2O4/c1-4-5-11-15(19(24)25)20-18(23)17(13(2)3)21-16(22)12-14-9-7-6-8-10-14/h6-10,13,15,17H,4-5,11-12H2,1-3H3,(H,20,23)(H,21,22)(H,24,25)/t15-,17?/m0/s1. The molecule has 0 saturated heterocycles. The molecule has 1 aromatic carbocycles. The van der Waals surface area contributed by atoms with Crippen molar-refractivity contribution < 1.29 is 19.5 Å². The maximum Gasteiger partial charge on any atom is 0.326 e. The van der Waals surface area contributed by atoms with E-state index in [1.54, 1.807) is 0 Å². The summed E-state index contributed by atoms with van der Waals surface area (Å²) in [5.41, 5.74) is 0.856. The minimum absolute atomic E-state index is 0.152. The molecule has 3 N–H and O–H groups in total. The first kappa shape index (κ1) is 20.7. The van der Waals surface area contributed by atoms with Gasteiger partial charge in [0, 0.05) is 0 Å². The van der Waals surface area contributed by atoms with Gasteiger partial charge in [-0.3, -0.25) is 9.59 Å². The fourth-order valence-corrected chi connectivity index (χ4v) is 2.47. The lowest BCUT2D eigenvalue weighted by Gasteiger charge is -2.24. The van der Waals surface area contributed by atoms with Crippen LogP contribution in [0.15, 0.2) is 30.3 Å². The predicted octanol–water partition coefficient (Wildman–Crippen LogP) is 2.13. The third-order valence-electron chi connectivity index (χ3n) is 3.93. The van der Waals surface area contributed by atoms with Crippen LogP contribution in [0.1, 0.15) is 45.6 Å². The molecule has 6 nitrogen and oxygen atoms in total. The van der Waals surface area contributed by atoms with Crippen molar-refractivity contribution in [1.29, 1.82) is 0 Å². The molecule has 0 aliphatic rings. The van der Waals surface area contributed by atoms with Crippen LogP contribution >= 0.6 is 0 Å². The molecule has 0 bridgehead atoms. The third kappa shape index (κ3) is 7.37. The summed E-state index contributed by atoms with van der Waals surface area (Å²) >= 11 is 0. The van der Waals surface area contributed by atoms with E-state index in [-0.39, 0.29) is 18.2 Å². The molecular formula is C19H28N2O4. The average Bonchev–Trinajstić information content (AvgIpc) is 2.56. The van der Waals surface area contributed by atoms with Crippen LogP contribution in [0.4, 0.5) is 0 Å². The number of carbonyl (C=O) groups excluding carboxylic acids is 2. The van der Waals surface area contributed by atoms with Crippen LogP contribution < -0.4 is 10.6 Å². The molecule has 0 aromatic heterocycles. The Morgan fingerprint density at radius 1 is 1.08 bits per heavy atom. The van der Waals surface area contributed by atoms with Gasteiger partial charge in [0.2, 0.25) is 11.8 Å². The molecule has 25 heavy (non-hydrogen) atoms. The van der Waals surface area contributed by atoms with Crippen molar-refractivity contribution in [1.82, 2.24) is 10.6 Å². The SMILES string of the molecule is CCCC[C@H](NC(=O)C(NC(=O)Cc1ccccc1)C(C)C)C(=O)O. The third-order valence-corrected chi connectivity index (χ3v) is 3.93. The summed E-state index contributed by atoms with van der Waals surface area (Å²) in [4.78, 5) is 36.0. The molecule has 2 atom stereocenters. The van der Waals surface area contributed by atoms with E-state index in [2.05, 4.69) is 10.6 Å². The second kappa shape index (κ2) is 10.5. The number of unbranched alkanes of at least 4 members (excludes halogenated alkanes) is 1. The van der Waals surface area contributed by atoms with Crippen LogP contribution in [0.2, 0.25) is 0 Å². The van der Waals surface area contributed by atoms with Crippen molar-refractivity contribution in [3.8, 4) is 0 Å². The largest absolute Gasteiger partial charge is 0.480 e. The van der Waals surface area contributed by atoms with Gasteiger partial charge < -0.3 is 15.7 Å². The van der Waals surface area contributed by atoms with Gasteiger partial charge in [-0.15, -0.1) is 0 Å². The molecule has 2 amide bonds. The summed E-state index contributed by atoms with van der Waals surface area (Å²) in [6.07, 6.45) is 2.11. The Bertz CT molecular complexity index is 572. The number of carboxylic acids is 1. The first-order valence-corrected chi connectivity index (χ1v) is 8.71. The topological polar surface area (TPSA) is 95.5 Å². The number of hydrogen-bond acceptors (Lipinski definition) is 3. The lowest BCUT2D eigenvalue weighted by molar-refractivity contribution is -0.142. The minimum atomic E-state index is -1.06.